The molecule has 0 spiro atoms. The fraction of sp³-hybridized carbons (Fsp3) is 0.474. The number of carbonyl (C=O) groups excluding carboxylic acids is 1. The average Bonchev–Trinajstić information content (AvgIpc) is 3.09. The van der Waals surface area contributed by atoms with E-state index in [9.17, 15) is 17.6 Å². The van der Waals surface area contributed by atoms with Gasteiger partial charge in [0.2, 0.25) is 10.0 Å². The number of halogens is 1. The molecule has 1 aromatic heterocycles. The maximum absolute atomic E-state index is 13.0. The Labute approximate surface area is 164 Å². The Balaban J connectivity index is 1.56. The van der Waals surface area contributed by atoms with Gasteiger partial charge in [-0.15, -0.1) is 0 Å². The van der Waals surface area contributed by atoms with Crippen molar-refractivity contribution < 1.29 is 17.6 Å². The Morgan fingerprint density at radius 1 is 1.29 bits per heavy atom. The third-order valence-electron chi connectivity index (χ3n) is 4.71. The van der Waals surface area contributed by atoms with E-state index < -0.39 is 15.8 Å². The number of hydrogen-bond donors (Lipinski definition) is 2. The van der Waals surface area contributed by atoms with Gasteiger partial charge >= 0.3 is 0 Å². The zero-order chi connectivity index (χ0) is 20.3. The summed E-state index contributed by atoms with van der Waals surface area (Å²) >= 11 is 0. The topological polar surface area (TPSA) is 95.2 Å². The van der Waals surface area contributed by atoms with E-state index in [4.69, 9.17) is 0 Å². The second-order valence-electron chi connectivity index (χ2n) is 7.52. The zero-order valence-corrected chi connectivity index (χ0v) is 16.8. The van der Waals surface area contributed by atoms with E-state index in [1.807, 2.05) is 0 Å². The van der Waals surface area contributed by atoms with Crippen molar-refractivity contribution in [1.82, 2.24) is 19.8 Å². The molecule has 0 unspecified atom stereocenters. The lowest BCUT2D eigenvalue weighted by Crippen LogP contribution is -2.46. The molecule has 2 aromatic rings. The molecular weight excluding hydrogens is 383 g/mol. The lowest BCUT2D eigenvalue weighted by Gasteiger charge is -2.31. The molecule has 1 aliphatic rings. The van der Waals surface area contributed by atoms with Crippen LogP contribution in [0.25, 0.3) is 0 Å². The monoisotopic (exact) mass is 408 g/mol. The molecule has 3 rings (SSSR count). The minimum absolute atomic E-state index is 0.0293. The van der Waals surface area contributed by atoms with Crippen LogP contribution in [0.2, 0.25) is 0 Å². The number of aromatic nitrogens is 2. The first kappa shape index (κ1) is 20.5. The largest absolute Gasteiger partial charge is 0.337 e. The Kier molecular flexibility index (Phi) is 6.14. The van der Waals surface area contributed by atoms with Gasteiger partial charge in [0.25, 0.3) is 5.91 Å². The molecule has 7 nitrogen and oxygen atoms in total. The lowest BCUT2D eigenvalue weighted by molar-refractivity contribution is 0.0705. The lowest BCUT2D eigenvalue weighted by atomic mass is 10.1. The van der Waals surface area contributed by atoms with Gasteiger partial charge < -0.3 is 4.90 Å². The number of nitrogens with one attached hydrogen (secondary N) is 2. The summed E-state index contributed by atoms with van der Waals surface area (Å²) in [4.78, 5) is 14.3. The number of aromatic amines is 1. The van der Waals surface area contributed by atoms with Crippen LogP contribution in [0, 0.1) is 11.7 Å². The minimum atomic E-state index is -3.71. The molecule has 0 atom stereocenters. The van der Waals surface area contributed by atoms with Crippen molar-refractivity contribution >= 4 is 15.9 Å². The fourth-order valence-corrected chi connectivity index (χ4v) is 4.58. The molecular formula is C19H25FN4O3S. The number of carbonyl (C=O) groups is 1. The number of rotatable bonds is 6. The van der Waals surface area contributed by atoms with E-state index in [1.54, 1.807) is 11.0 Å². The normalized spacial score (nSPS) is 15.9. The molecule has 0 bridgehead atoms. The summed E-state index contributed by atoms with van der Waals surface area (Å²) < 4.78 is 40.5. The summed E-state index contributed by atoms with van der Waals surface area (Å²) in [5, 5.41) is 7.01. The first-order valence-corrected chi connectivity index (χ1v) is 10.8. The number of likely N-dealkylation sites (tertiary alicyclic amines) is 1. The van der Waals surface area contributed by atoms with Gasteiger partial charge in [-0.25, -0.2) is 17.5 Å². The number of benzene rings is 1. The van der Waals surface area contributed by atoms with Crippen molar-refractivity contribution in [3.05, 3.63) is 47.5 Å². The van der Waals surface area contributed by atoms with Crippen LogP contribution in [0.5, 0.6) is 0 Å². The Morgan fingerprint density at radius 2 is 1.93 bits per heavy atom. The number of H-pyrrole nitrogens is 1. The minimum Gasteiger partial charge on any atom is -0.337 e. The molecule has 2 N–H and O–H groups in total. The predicted octanol–water partition coefficient (Wildman–Crippen LogP) is 2.33. The van der Waals surface area contributed by atoms with Crippen LogP contribution < -0.4 is 4.72 Å². The Hall–Kier alpha value is -2.26. The van der Waals surface area contributed by atoms with Crippen molar-refractivity contribution in [3.63, 3.8) is 0 Å². The van der Waals surface area contributed by atoms with Crippen LogP contribution in [-0.2, 0) is 16.4 Å². The van der Waals surface area contributed by atoms with Gasteiger partial charge in [-0.1, -0.05) is 13.8 Å². The van der Waals surface area contributed by atoms with Crippen LogP contribution in [0.15, 0.2) is 35.2 Å². The SMILES string of the molecule is CC(C)Cc1cc(C(=O)N2CCC(NS(=O)(=O)c3ccc(F)cc3)CC2)n[nH]1. The second kappa shape index (κ2) is 8.40. The fourth-order valence-electron chi connectivity index (χ4n) is 3.28. The van der Waals surface area contributed by atoms with Crippen LogP contribution in [0.3, 0.4) is 0 Å². The quantitative estimate of drug-likeness (QED) is 0.767. The molecule has 1 saturated heterocycles. The van der Waals surface area contributed by atoms with Gasteiger partial charge in [-0.2, -0.15) is 5.10 Å². The van der Waals surface area contributed by atoms with Crippen molar-refractivity contribution in [2.24, 2.45) is 5.92 Å². The highest BCUT2D eigenvalue weighted by Gasteiger charge is 2.28. The molecule has 2 heterocycles. The molecule has 28 heavy (non-hydrogen) atoms. The Morgan fingerprint density at radius 3 is 2.54 bits per heavy atom. The van der Waals surface area contributed by atoms with Crippen LogP contribution in [0.4, 0.5) is 4.39 Å². The Bertz CT molecular complexity index is 917. The van der Waals surface area contributed by atoms with E-state index in [-0.39, 0.29) is 16.8 Å². The summed E-state index contributed by atoms with van der Waals surface area (Å²) in [7, 11) is -3.71. The molecule has 1 aliphatic heterocycles. The van der Waals surface area contributed by atoms with E-state index >= 15 is 0 Å². The van der Waals surface area contributed by atoms with Crippen molar-refractivity contribution in [2.75, 3.05) is 13.1 Å². The smallest absolute Gasteiger partial charge is 0.274 e. The van der Waals surface area contributed by atoms with Gasteiger partial charge in [-0.3, -0.25) is 9.89 Å². The highest BCUT2D eigenvalue weighted by Crippen LogP contribution is 2.17. The first-order valence-electron chi connectivity index (χ1n) is 9.36. The second-order valence-corrected chi connectivity index (χ2v) is 9.23. The highest BCUT2D eigenvalue weighted by atomic mass is 32.2. The van der Waals surface area contributed by atoms with E-state index in [2.05, 4.69) is 28.8 Å². The summed E-state index contributed by atoms with van der Waals surface area (Å²) in [6, 6.07) is 6.23. The molecule has 0 aliphatic carbocycles. The van der Waals surface area contributed by atoms with Gasteiger partial charge in [0.05, 0.1) is 4.90 Å². The summed E-state index contributed by atoms with van der Waals surface area (Å²) in [6.07, 6.45) is 1.85. The molecule has 1 fully saturated rings. The van der Waals surface area contributed by atoms with Crippen molar-refractivity contribution in [3.8, 4) is 0 Å². The van der Waals surface area contributed by atoms with Crippen molar-refractivity contribution in [2.45, 2.75) is 44.0 Å². The number of hydrogen-bond acceptors (Lipinski definition) is 4. The van der Waals surface area contributed by atoms with Crippen molar-refractivity contribution in [1.29, 1.82) is 0 Å². The molecule has 1 aromatic carbocycles. The van der Waals surface area contributed by atoms with E-state index in [0.717, 1.165) is 24.2 Å². The zero-order valence-electron chi connectivity index (χ0n) is 16.0. The standard InChI is InChI=1S/C19H25FN4O3S/c1-13(2)11-16-12-18(22-21-16)19(25)24-9-7-15(8-10-24)23-28(26,27)17-5-3-14(20)4-6-17/h3-6,12-13,15,23H,7-11H2,1-2H3,(H,21,22). The summed E-state index contributed by atoms with van der Waals surface area (Å²) in [6.45, 7) is 5.09. The third-order valence-corrected chi connectivity index (χ3v) is 6.24. The number of nitrogens with zero attached hydrogens (tertiary/aromatic N) is 2. The molecule has 9 heteroatoms. The maximum Gasteiger partial charge on any atom is 0.274 e. The van der Waals surface area contributed by atoms with Crippen LogP contribution in [0.1, 0.15) is 42.9 Å². The molecule has 1 amide bonds. The predicted molar refractivity (Wildman–Crippen MR) is 103 cm³/mol. The first-order chi connectivity index (χ1) is 13.2. The van der Waals surface area contributed by atoms with Gasteiger partial charge in [0.15, 0.2) is 0 Å². The maximum atomic E-state index is 13.0. The number of piperidine rings is 1. The average molecular weight is 408 g/mol. The van der Waals surface area contributed by atoms with Crippen LogP contribution >= 0.6 is 0 Å². The highest BCUT2D eigenvalue weighted by molar-refractivity contribution is 7.89. The summed E-state index contributed by atoms with van der Waals surface area (Å²) in [5.74, 6) is -0.167. The van der Waals surface area contributed by atoms with Gasteiger partial charge in [-0.05, 0) is 55.5 Å². The number of amides is 1. The summed E-state index contributed by atoms with van der Waals surface area (Å²) in [5.41, 5.74) is 1.32. The van der Waals surface area contributed by atoms with Gasteiger partial charge in [0, 0.05) is 24.8 Å². The molecule has 0 saturated carbocycles. The third kappa shape index (κ3) is 4.96. The molecule has 152 valence electrons. The van der Waals surface area contributed by atoms with E-state index in [0.29, 0.717) is 37.5 Å². The van der Waals surface area contributed by atoms with E-state index in [1.165, 1.54) is 12.1 Å². The molecule has 0 radical (unpaired) electrons. The number of sulfonamides is 1. The van der Waals surface area contributed by atoms with Crippen LogP contribution in [-0.4, -0.2) is 48.6 Å². The van der Waals surface area contributed by atoms with Gasteiger partial charge in [0.1, 0.15) is 11.5 Å².